The third kappa shape index (κ3) is 4.29. The minimum Gasteiger partial charge on any atom is -0.338 e. The van der Waals surface area contributed by atoms with Crippen molar-refractivity contribution in [3.63, 3.8) is 0 Å². The highest BCUT2D eigenvalue weighted by Gasteiger charge is 2.11. The zero-order valence-electron chi connectivity index (χ0n) is 15.5. The number of carbonyl (C=O) groups is 1. The van der Waals surface area contributed by atoms with E-state index in [1.54, 1.807) is 18.2 Å². The smallest absolute Gasteiger partial charge is 0.257 e. The maximum atomic E-state index is 12.3. The number of hydrogen-bond acceptors (Lipinski definition) is 3. The second kappa shape index (κ2) is 8.03. The number of anilines is 1. The Labute approximate surface area is 178 Å². The normalized spacial score (nSPS) is 10.7. The number of amides is 1. The standard InChI is InChI=1S/C22H17ClN4OS/c1-13-6-8-14(9-7-13)21(28)27-22(29)26-19-12-15(10-11-16(19)23)20-24-17-4-2-3-5-18(17)25-20/h2-12H,1H3,(H,24,25)(H2,26,27,28,29). The van der Waals surface area contributed by atoms with Crippen LogP contribution < -0.4 is 10.6 Å². The molecule has 5 nitrogen and oxygen atoms in total. The average molecular weight is 421 g/mol. The van der Waals surface area contributed by atoms with Gasteiger partial charge in [0.1, 0.15) is 5.82 Å². The Hall–Kier alpha value is -3.22. The first kappa shape index (κ1) is 19.1. The Bertz CT molecular complexity index is 1180. The van der Waals surface area contributed by atoms with E-state index in [9.17, 15) is 4.79 Å². The third-order valence-corrected chi connectivity index (χ3v) is 4.95. The summed E-state index contributed by atoms with van der Waals surface area (Å²) in [6.07, 6.45) is 0. The van der Waals surface area contributed by atoms with Crippen LogP contribution in [0.3, 0.4) is 0 Å². The van der Waals surface area contributed by atoms with Crippen LogP contribution in [-0.4, -0.2) is 21.0 Å². The molecule has 0 aliphatic heterocycles. The number of nitrogens with zero attached hydrogens (tertiary/aromatic N) is 1. The van der Waals surface area contributed by atoms with Crippen molar-refractivity contribution in [1.29, 1.82) is 0 Å². The molecule has 144 valence electrons. The monoisotopic (exact) mass is 420 g/mol. The van der Waals surface area contributed by atoms with Crippen molar-refractivity contribution < 1.29 is 4.79 Å². The van der Waals surface area contributed by atoms with Gasteiger partial charge in [-0.1, -0.05) is 41.4 Å². The first-order valence-electron chi connectivity index (χ1n) is 8.93. The Morgan fingerprint density at radius 2 is 1.83 bits per heavy atom. The third-order valence-electron chi connectivity index (χ3n) is 4.42. The highest BCUT2D eigenvalue weighted by atomic mass is 35.5. The molecule has 0 radical (unpaired) electrons. The second-order valence-electron chi connectivity index (χ2n) is 6.57. The number of thiocarbonyl (C=S) groups is 1. The van der Waals surface area contributed by atoms with Gasteiger partial charge in [0, 0.05) is 11.1 Å². The van der Waals surface area contributed by atoms with Gasteiger partial charge in [0.05, 0.1) is 21.7 Å². The van der Waals surface area contributed by atoms with Crippen molar-refractivity contribution >= 4 is 51.6 Å². The maximum absolute atomic E-state index is 12.3. The van der Waals surface area contributed by atoms with Gasteiger partial charge in [-0.05, 0) is 61.6 Å². The summed E-state index contributed by atoms with van der Waals surface area (Å²) in [6, 6.07) is 20.5. The topological polar surface area (TPSA) is 69.8 Å². The number of para-hydroxylation sites is 2. The number of imidazole rings is 1. The molecule has 1 heterocycles. The fourth-order valence-corrected chi connectivity index (χ4v) is 3.26. The van der Waals surface area contributed by atoms with Crippen LogP contribution in [0.5, 0.6) is 0 Å². The lowest BCUT2D eigenvalue weighted by molar-refractivity contribution is 0.0977. The summed E-state index contributed by atoms with van der Waals surface area (Å²) in [4.78, 5) is 20.2. The molecular weight excluding hydrogens is 404 g/mol. The molecule has 0 saturated carbocycles. The Kier molecular flexibility index (Phi) is 5.29. The molecule has 0 aliphatic carbocycles. The molecule has 29 heavy (non-hydrogen) atoms. The van der Waals surface area contributed by atoms with E-state index in [0.717, 1.165) is 28.0 Å². The molecule has 0 fully saturated rings. The first-order valence-corrected chi connectivity index (χ1v) is 9.72. The molecule has 0 unspecified atom stereocenters. The van der Waals surface area contributed by atoms with E-state index in [1.165, 1.54) is 0 Å². The van der Waals surface area contributed by atoms with E-state index in [-0.39, 0.29) is 11.0 Å². The Morgan fingerprint density at radius 1 is 1.07 bits per heavy atom. The second-order valence-corrected chi connectivity index (χ2v) is 7.39. The van der Waals surface area contributed by atoms with Crippen molar-refractivity contribution in [3.05, 3.63) is 82.9 Å². The van der Waals surface area contributed by atoms with E-state index in [4.69, 9.17) is 23.8 Å². The van der Waals surface area contributed by atoms with Crippen LogP contribution in [0.25, 0.3) is 22.4 Å². The van der Waals surface area contributed by atoms with E-state index in [2.05, 4.69) is 20.6 Å². The van der Waals surface area contributed by atoms with Gasteiger partial charge < -0.3 is 10.3 Å². The molecule has 0 atom stereocenters. The predicted molar refractivity (Wildman–Crippen MR) is 121 cm³/mol. The van der Waals surface area contributed by atoms with Crippen LogP contribution >= 0.6 is 23.8 Å². The number of benzene rings is 3. The number of carbonyl (C=O) groups excluding carboxylic acids is 1. The summed E-state index contributed by atoms with van der Waals surface area (Å²) in [5, 5.41) is 6.31. The molecule has 1 aromatic heterocycles. The maximum Gasteiger partial charge on any atom is 0.257 e. The molecule has 0 aliphatic rings. The van der Waals surface area contributed by atoms with E-state index in [0.29, 0.717) is 16.3 Å². The number of halogens is 1. The lowest BCUT2D eigenvalue weighted by Crippen LogP contribution is -2.34. The summed E-state index contributed by atoms with van der Waals surface area (Å²) >= 11 is 11.6. The largest absolute Gasteiger partial charge is 0.338 e. The van der Waals surface area contributed by atoms with Gasteiger partial charge in [-0.2, -0.15) is 0 Å². The lowest BCUT2D eigenvalue weighted by Gasteiger charge is -2.12. The number of H-pyrrole nitrogens is 1. The minimum absolute atomic E-state index is 0.166. The van der Waals surface area contributed by atoms with Gasteiger partial charge in [0.15, 0.2) is 5.11 Å². The van der Waals surface area contributed by atoms with Crippen LogP contribution in [0, 0.1) is 6.92 Å². The summed E-state index contributed by atoms with van der Waals surface area (Å²) in [5.41, 5.74) is 4.87. The average Bonchev–Trinajstić information content (AvgIpc) is 3.14. The van der Waals surface area contributed by atoms with E-state index < -0.39 is 0 Å². The SMILES string of the molecule is Cc1ccc(C(=O)NC(=S)Nc2cc(-c3nc4ccccc4[nH]3)ccc2Cl)cc1. The molecule has 0 saturated heterocycles. The highest BCUT2D eigenvalue weighted by Crippen LogP contribution is 2.28. The molecule has 0 spiro atoms. The van der Waals surface area contributed by atoms with Crippen molar-refractivity contribution in [2.24, 2.45) is 0 Å². The van der Waals surface area contributed by atoms with Crippen LogP contribution in [0.2, 0.25) is 5.02 Å². The number of rotatable bonds is 3. The number of nitrogens with one attached hydrogen (secondary N) is 3. The molecule has 4 rings (SSSR count). The quantitative estimate of drug-likeness (QED) is 0.392. The Balaban J connectivity index is 1.52. The van der Waals surface area contributed by atoms with Crippen LogP contribution in [0.1, 0.15) is 15.9 Å². The summed E-state index contributed by atoms with van der Waals surface area (Å²) in [6.45, 7) is 1.96. The van der Waals surface area contributed by atoms with E-state index >= 15 is 0 Å². The number of fused-ring (bicyclic) bond motifs is 1. The predicted octanol–water partition coefficient (Wildman–Crippen LogP) is 5.32. The highest BCUT2D eigenvalue weighted by molar-refractivity contribution is 7.80. The molecular formula is C22H17ClN4OS. The summed E-state index contributed by atoms with van der Waals surface area (Å²) in [5.74, 6) is 0.438. The van der Waals surface area contributed by atoms with Crippen molar-refractivity contribution in [1.82, 2.24) is 15.3 Å². The first-order chi connectivity index (χ1) is 14.0. The van der Waals surface area contributed by atoms with Gasteiger partial charge in [-0.25, -0.2) is 4.98 Å². The van der Waals surface area contributed by atoms with Crippen molar-refractivity contribution in [3.8, 4) is 11.4 Å². The lowest BCUT2D eigenvalue weighted by atomic mass is 10.1. The van der Waals surface area contributed by atoms with Crippen LogP contribution in [0.4, 0.5) is 5.69 Å². The van der Waals surface area contributed by atoms with Gasteiger partial charge in [-0.3, -0.25) is 10.1 Å². The van der Waals surface area contributed by atoms with E-state index in [1.807, 2.05) is 55.5 Å². The molecule has 3 aromatic carbocycles. The van der Waals surface area contributed by atoms with Gasteiger partial charge in [-0.15, -0.1) is 0 Å². The van der Waals surface area contributed by atoms with Crippen molar-refractivity contribution in [2.75, 3.05) is 5.32 Å². The van der Waals surface area contributed by atoms with Gasteiger partial charge >= 0.3 is 0 Å². The minimum atomic E-state index is -0.285. The zero-order valence-corrected chi connectivity index (χ0v) is 17.1. The van der Waals surface area contributed by atoms with Gasteiger partial charge in [0.25, 0.3) is 5.91 Å². The van der Waals surface area contributed by atoms with Gasteiger partial charge in [0.2, 0.25) is 0 Å². The number of aryl methyl sites for hydroxylation is 1. The summed E-state index contributed by atoms with van der Waals surface area (Å²) < 4.78 is 0. The number of hydrogen-bond donors (Lipinski definition) is 3. The molecule has 1 amide bonds. The Morgan fingerprint density at radius 3 is 2.59 bits per heavy atom. The molecule has 3 N–H and O–H groups in total. The fraction of sp³-hybridized carbons (Fsp3) is 0.0455. The summed E-state index contributed by atoms with van der Waals surface area (Å²) in [7, 11) is 0. The number of aromatic amines is 1. The zero-order chi connectivity index (χ0) is 20.4. The molecule has 4 aromatic rings. The fourth-order valence-electron chi connectivity index (χ4n) is 2.89. The molecule has 7 heteroatoms. The molecule has 0 bridgehead atoms. The van der Waals surface area contributed by atoms with Crippen LogP contribution in [0.15, 0.2) is 66.7 Å². The van der Waals surface area contributed by atoms with Crippen molar-refractivity contribution in [2.45, 2.75) is 6.92 Å². The number of aromatic nitrogens is 2. The van der Waals surface area contributed by atoms with Crippen LogP contribution in [-0.2, 0) is 0 Å².